The van der Waals surface area contributed by atoms with Gasteiger partial charge in [0, 0.05) is 24.2 Å². The van der Waals surface area contributed by atoms with Gasteiger partial charge in [-0.25, -0.2) is 0 Å². The van der Waals surface area contributed by atoms with Gasteiger partial charge in [-0.05, 0) is 88.0 Å². The van der Waals surface area contributed by atoms with Crippen molar-refractivity contribution in [2.24, 2.45) is 5.92 Å². The number of carboxylic acid groups (broad SMARTS) is 1. The number of likely N-dealkylation sites (tertiary alicyclic amines) is 1. The van der Waals surface area contributed by atoms with E-state index in [0.29, 0.717) is 36.7 Å². The molecule has 1 N–H and O–H groups in total. The number of nitrogens with zero attached hydrogens (tertiary/aromatic N) is 4. The van der Waals surface area contributed by atoms with E-state index in [-0.39, 0.29) is 11.8 Å². The van der Waals surface area contributed by atoms with Crippen molar-refractivity contribution in [3.05, 3.63) is 58.7 Å². The predicted octanol–water partition coefficient (Wildman–Crippen LogP) is 5.75. The van der Waals surface area contributed by atoms with Crippen molar-refractivity contribution in [1.29, 1.82) is 0 Å². The van der Waals surface area contributed by atoms with Crippen molar-refractivity contribution in [2.45, 2.75) is 53.4 Å². The third-order valence-corrected chi connectivity index (χ3v) is 8.29. The molecular weight excluding hydrogens is 512 g/mol. The fourth-order valence-corrected chi connectivity index (χ4v) is 5.84. The van der Waals surface area contributed by atoms with Gasteiger partial charge in [0.25, 0.3) is 5.91 Å². The van der Waals surface area contributed by atoms with Crippen LogP contribution in [-0.4, -0.2) is 64.9 Å². The molecule has 2 aromatic carbocycles. The molecule has 39 heavy (non-hydrogen) atoms. The summed E-state index contributed by atoms with van der Waals surface area (Å²) in [6, 6.07) is 11.8. The Morgan fingerprint density at radius 1 is 1.08 bits per heavy atom. The van der Waals surface area contributed by atoms with Crippen LogP contribution >= 0.6 is 11.3 Å². The van der Waals surface area contributed by atoms with E-state index >= 15 is 0 Å². The topological polar surface area (TPSA) is 95.9 Å². The third-order valence-electron chi connectivity index (χ3n) is 7.30. The Hall–Kier alpha value is -3.30. The molecule has 3 aromatic rings. The minimum atomic E-state index is -0.689. The molecule has 0 bridgehead atoms. The van der Waals surface area contributed by atoms with Gasteiger partial charge in [-0.3, -0.25) is 19.4 Å². The van der Waals surface area contributed by atoms with Crippen LogP contribution in [-0.2, 0) is 4.79 Å². The van der Waals surface area contributed by atoms with Gasteiger partial charge in [0.05, 0.1) is 5.92 Å². The lowest BCUT2D eigenvalue weighted by atomic mass is 9.97. The average molecular weight is 551 g/mol. The first-order chi connectivity index (χ1) is 18.8. The van der Waals surface area contributed by atoms with Crippen LogP contribution in [0, 0.1) is 26.7 Å². The number of aromatic nitrogens is 2. The zero-order valence-electron chi connectivity index (χ0n) is 23.3. The molecule has 1 fully saturated rings. The Labute approximate surface area is 234 Å². The molecule has 1 saturated heterocycles. The molecule has 1 aromatic heterocycles. The summed E-state index contributed by atoms with van der Waals surface area (Å²) in [5.41, 5.74) is 4.62. The zero-order valence-corrected chi connectivity index (χ0v) is 24.1. The number of piperidine rings is 1. The quantitative estimate of drug-likeness (QED) is 0.325. The normalized spacial score (nSPS) is 14.4. The third kappa shape index (κ3) is 7.02. The van der Waals surface area contributed by atoms with Crippen molar-refractivity contribution in [2.75, 3.05) is 37.7 Å². The van der Waals surface area contributed by atoms with Gasteiger partial charge in [0.2, 0.25) is 5.13 Å². The van der Waals surface area contributed by atoms with Crippen molar-refractivity contribution < 1.29 is 19.4 Å². The summed E-state index contributed by atoms with van der Waals surface area (Å²) in [4.78, 5) is 28.6. The number of anilines is 1. The van der Waals surface area contributed by atoms with Crippen LogP contribution in [0.1, 0.15) is 59.7 Å². The number of carboxylic acids is 1. The average Bonchev–Trinajstić information content (AvgIpc) is 3.41. The Kier molecular flexibility index (Phi) is 9.69. The molecule has 208 valence electrons. The van der Waals surface area contributed by atoms with Crippen LogP contribution in [0.2, 0.25) is 0 Å². The van der Waals surface area contributed by atoms with Gasteiger partial charge in [0.15, 0.2) is 0 Å². The summed E-state index contributed by atoms with van der Waals surface area (Å²) in [5, 5.41) is 19.4. The number of aryl methyl sites for hydroxylation is 3. The van der Waals surface area contributed by atoms with Gasteiger partial charge in [-0.15, -0.1) is 10.2 Å². The molecule has 0 aliphatic carbocycles. The Morgan fingerprint density at radius 3 is 2.41 bits per heavy atom. The maximum absolute atomic E-state index is 13.5. The molecule has 0 unspecified atom stereocenters. The van der Waals surface area contributed by atoms with Crippen LogP contribution in [0.25, 0.3) is 10.6 Å². The van der Waals surface area contributed by atoms with Gasteiger partial charge in [0.1, 0.15) is 17.4 Å². The van der Waals surface area contributed by atoms with Crippen LogP contribution < -0.4 is 9.64 Å². The summed E-state index contributed by atoms with van der Waals surface area (Å²) in [5.74, 6) is -0.0959. The number of benzene rings is 2. The number of amides is 1. The van der Waals surface area contributed by atoms with Crippen LogP contribution in [0.3, 0.4) is 0 Å². The second kappa shape index (κ2) is 13.2. The maximum Gasteiger partial charge on any atom is 0.306 e. The monoisotopic (exact) mass is 550 g/mol. The molecule has 1 aliphatic rings. The van der Waals surface area contributed by atoms with Gasteiger partial charge < -0.3 is 9.84 Å². The Balaban J connectivity index is 1.44. The van der Waals surface area contributed by atoms with Crippen molar-refractivity contribution in [3.63, 3.8) is 0 Å². The van der Waals surface area contributed by atoms with Crippen LogP contribution in [0.5, 0.6) is 5.75 Å². The number of hydrogen-bond donors (Lipinski definition) is 1. The number of carbonyl (C=O) groups is 2. The number of unbranched alkanes of at least 4 members (excludes halogenated alkanes) is 1. The van der Waals surface area contributed by atoms with Gasteiger partial charge in [-0.1, -0.05) is 42.9 Å². The predicted molar refractivity (Wildman–Crippen MR) is 155 cm³/mol. The first-order valence-corrected chi connectivity index (χ1v) is 14.5. The fraction of sp³-hybridized carbons (Fsp3) is 0.467. The Morgan fingerprint density at radius 2 is 1.77 bits per heavy atom. The van der Waals surface area contributed by atoms with Crippen molar-refractivity contribution in [1.82, 2.24) is 15.1 Å². The largest absolute Gasteiger partial charge is 0.492 e. The van der Waals surface area contributed by atoms with Crippen molar-refractivity contribution in [3.8, 4) is 16.3 Å². The number of hydrogen-bond acceptors (Lipinski definition) is 7. The van der Waals surface area contributed by atoms with E-state index in [9.17, 15) is 14.7 Å². The molecule has 0 saturated carbocycles. The molecular formula is C30H38N4O4S. The summed E-state index contributed by atoms with van der Waals surface area (Å²) in [6.07, 6.45) is 3.24. The molecule has 8 nitrogen and oxygen atoms in total. The van der Waals surface area contributed by atoms with E-state index in [1.54, 1.807) is 4.90 Å². The summed E-state index contributed by atoms with van der Waals surface area (Å²) >= 11 is 1.43. The second-order valence-corrected chi connectivity index (χ2v) is 11.2. The first kappa shape index (κ1) is 28.7. The van der Waals surface area contributed by atoms with E-state index in [1.165, 1.54) is 11.3 Å². The zero-order chi connectivity index (χ0) is 27.9. The van der Waals surface area contributed by atoms with Crippen LogP contribution in [0.4, 0.5) is 5.13 Å². The lowest BCUT2D eigenvalue weighted by molar-refractivity contribution is -0.143. The SMILES string of the molecule is CCCCN(C(=O)c1ccccc1C)c1nnc(-c2cc(C)c(OCCN3CCC(C(=O)O)CC3)c(C)c2)s1. The van der Waals surface area contributed by atoms with E-state index < -0.39 is 5.97 Å². The first-order valence-electron chi connectivity index (χ1n) is 13.7. The highest BCUT2D eigenvalue weighted by Crippen LogP contribution is 2.34. The maximum atomic E-state index is 13.5. The second-order valence-electron chi connectivity index (χ2n) is 10.3. The lowest BCUT2D eigenvalue weighted by Gasteiger charge is -2.30. The van der Waals surface area contributed by atoms with Gasteiger partial charge in [-0.2, -0.15) is 0 Å². The fourth-order valence-electron chi connectivity index (χ4n) is 4.98. The smallest absolute Gasteiger partial charge is 0.306 e. The van der Waals surface area contributed by atoms with Crippen molar-refractivity contribution >= 4 is 28.3 Å². The van der Waals surface area contributed by atoms with Crippen LogP contribution in [0.15, 0.2) is 36.4 Å². The summed E-state index contributed by atoms with van der Waals surface area (Å²) in [7, 11) is 0. The molecule has 1 amide bonds. The van der Waals surface area contributed by atoms with E-state index in [0.717, 1.165) is 65.5 Å². The number of ether oxygens (including phenoxy) is 1. The van der Waals surface area contributed by atoms with E-state index in [2.05, 4.69) is 34.2 Å². The molecule has 0 spiro atoms. The minimum Gasteiger partial charge on any atom is -0.492 e. The molecule has 1 aliphatic heterocycles. The number of aliphatic carboxylic acids is 1. The minimum absolute atomic E-state index is 0.0486. The highest BCUT2D eigenvalue weighted by atomic mass is 32.1. The highest BCUT2D eigenvalue weighted by molar-refractivity contribution is 7.18. The van der Waals surface area contributed by atoms with Gasteiger partial charge >= 0.3 is 5.97 Å². The summed E-state index contributed by atoms with van der Waals surface area (Å²) < 4.78 is 6.17. The standard InChI is InChI=1S/C30H38N4O4S/c1-5-6-13-34(28(35)25-10-8-7-9-20(25)2)30-32-31-27(39-30)24-18-21(3)26(22(4)19-24)38-17-16-33-14-11-23(12-15-33)29(36)37/h7-10,18-19,23H,5-6,11-17H2,1-4H3,(H,36,37). The Bertz CT molecular complexity index is 1280. The highest BCUT2D eigenvalue weighted by Gasteiger charge is 2.25. The van der Waals surface area contributed by atoms with E-state index in [1.807, 2.05) is 45.0 Å². The molecule has 2 heterocycles. The molecule has 4 rings (SSSR count). The summed E-state index contributed by atoms with van der Waals surface area (Å²) in [6.45, 7) is 11.6. The molecule has 0 atom stereocenters. The lowest BCUT2D eigenvalue weighted by Crippen LogP contribution is -2.38. The number of rotatable bonds is 11. The molecule has 9 heteroatoms. The number of carbonyl (C=O) groups excluding carboxylic acids is 1. The molecule has 0 radical (unpaired) electrons. The van der Waals surface area contributed by atoms with E-state index in [4.69, 9.17) is 4.74 Å².